The highest BCUT2D eigenvalue weighted by Gasteiger charge is 2.10. The molecule has 5 heteroatoms. The van der Waals surface area contributed by atoms with Crippen LogP contribution >= 0.6 is 0 Å². The SMILES string of the molecule is NCc1ccc(Oc2ncccc2C(N)=O)cc1. The number of aromatic nitrogens is 1. The van der Waals surface area contributed by atoms with Crippen LogP contribution in [0.4, 0.5) is 0 Å². The van der Waals surface area contributed by atoms with E-state index in [0.29, 0.717) is 12.3 Å². The molecule has 0 aliphatic rings. The predicted octanol–water partition coefficient (Wildman–Crippen LogP) is 1.43. The molecule has 1 aromatic carbocycles. The summed E-state index contributed by atoms with van der Waals surface area (Å²) in [6, 6.07) is 10.4. The van der Waals surface area contributed by atoms with Crippen molar-refractivity contribution < 1.29 is 9.53 Å². The van der Waals surface area contributed by atoms with Crippen molar-refractivity contribution in [2.45, 2.75) is 6.54 Å². The molecule has 0 fully saturated rings. The molecule has 0 saturated carbocycles. The van der Waals surface area contributed by atoms with Crippen LogP contribution in [0, 0.1) is 0 Å². The molecule has 0 bridgehead atoms. The molecule has 0 unspecified atom stereocenters. The van der Waals surface area contributed by atoms with Crippen LogP contribution in [0.5, 0.6) is 11.6 Å². The quantitative estimate of drug-likeness (QED) is 0.849. The van der Waals surface area contributed by atoms with E-state index in [1.54, 1.807) is 24.3 Å². The number of amides is 1. The van der Waals surface area contributed by atoms with Gasteiger partial charge < -0.3 is 16.2 Å². The van der Waals surface area contributed by atoms with Gasteiger partial charge >= 0.3 is 0 Å². The lowest BCUT2D eigenvalue weighted by Crippen LogP contribution is -2.12. The molecule has 0 aliphatic heterocycles. The van der Waals surface area contributed by atoms with Gasteiger partial charge in [0.25, 0.3) is 5.91 Å². The number of hydrogen-bond donors (Lipinski definition) is 2. The molecule has 4 N–H and O–H groups in total. The fraction of sp³-hybridized carbons (Fsp3) is 0.0769. The van der Waals surface area contributed by atoms with Crippen molar-refractivity contribution in [2.75, 3.05) is 0 Å². The first-order valence-corrected chi connectivity index (χ1v) is 5.42. The van der Waals surface area contributed by atoms with Crippen molar-refractivity contribution >= 4 is 5.91 Å². The molecule has 0 radical (unpaired) electrons. The first kappa shape index (κ1) is 12.1. The summed E-state index contributed by atoms with van der Waals surface area (Å²) < 4.78 is 5.52. The molecule has 0 saturated heterocycles. The van der Waals surface area contributed by atoms with E-state index >= 15 is 0 Å². The number of benzene rings is 1. The van der Waals surface area contributed by atoms with E-state index in [0.717, 1.165) is 5.56 Å². The zero-order chi connectivity index (χ0) is 13.0. The van der Waals surface area contributed by atoms with Crippen molar-refractivity contribution in [2.24, 2.45) is 11.5 Å². The summed E-state index contributed by atoms with van der Waals surface area (Å²) >= 11 is 0. The van der Waals surface area contributed by atoms with E-state index in [1.807, 2.05) is 12.1 Å². The first-order valence-electron chi connectivity index (χ1n) is 5.42. The van der Waals surface area contributed by atoms with Crippen molar-refractivity contribution in [3.63, 3.8) is 0 Å². The van der Waals surface area contributed by atoms with Gasteiger partial charge in [-0.25, -0.2) is 4.98 Å². The summed E-state index contributed by atoms with van der Waals surface area (Å²) in [6.45, 7) is 0.469. The van der Waals surface area contributed by atoms with Gasteiger partial charge in [-0.2, -0.15) is 0 Å². The molecule has 0 atom stereocenters. The van der Waals surface area contributed by atoms with Gasteiger partial charge in [-0.15, -0.1) is 0 Å². The summed E-state index contributed by atoms with van der Waals surface area (Å²) in [6.07, 6.45) is 1.54. The van der Waals surface area contributed by atoms with Crippen LogP contribution in [0.2, 0.25) is 0 Å². The lowest BCUT2D eigenvalue weighted by atomic mass is 10.2. The van der Waals surface area contributed by atoms with Crippen LogP contribution in [-0.4, -0.2) is 10.9 Å². The number of carbonyl (C=O) groups excluding carboxylic acids is 1. The van der Waals surface area contributed by atoms with Gasteiger partial charge in [0.05, 0.1) is 0 Å². The molecule has 18 heavy (non-hydrogen) atoms. The third kappa shape index (κ3) is 2.64. The number of nitrogens with zero attached hydrogens (tertiary/aromatic N) is 1. The highest BCUT2D eigenvalue weighted by atomic mass is 16.5. The summed E-state index contributed by atoms with van der Waals surface area (Å²) in [5.74, 6) is 0.204. The summed E-state index contributed by atoms with van der Waals surface area (Å²) in [5, 5.41) is 0. The second kappa shape index (κ2) is 5.29. The van der Waals surface area contributed by atoms with E-state index in [4.69, 9.17) is 16.2 Å². The van der Waals surface area contributed by atoms with Gasteiger partial charge in [0.2, 0.25) is 5.88 Å². The Morgan fingerprint density at radius 1 is 1.22 bits per heavy atom. The van der Waals surface area contributed by atoms with Gasteiger partial charge in [0.1, 0.15) is 11.3 Å². The van der Waals surface area contributed by atoms with Crippen LogP contribution in [0.3, 0.4) is 0 Å². The van der Waals surface area contributed by atoms with Crippen molar-refractivity contribution in [3.05, 3.63) is 53.7 Å². The lowest BCUT2D eigenvalue weighted by molar-refractivity contribution is 0.0997. The van der Waals surface area contributed by atoms with Crippen LogP contribution in [-0.2, 0) is 6.54 Å². The average Bonchev–Trinajstić information content (AvgIpc) is 2.40. The lowest BCUT2D eigenvalue weighted by Gasteiger charge is -2.07. The zero-order valence-corrected chi connectivity index (χ0v) is 9.67. The number of ether oxygens (including phenoxy) is 1. The third-order valence-electron chi connectivity index (χ3n) is 2.41. The van der Waals surface area contributed by atoms with Gasteiger partial charge in [0.15, 0.2) is 0 Å². The Labute approximate surface area is 104 Å². The Morgan fingerprint density at radius 3 is 2.56 bits per heavy atom. The monoisotopic (exact) mass is 243 g/mol. The van der Waals surface area contributed by atoms with Crippen molar-refractivity contribution in [1.82, 2.24) is 4.98 Å². The Kier molecular flexibility index (Phi) is 3.54. The van der Waals surface area contributed by atoms with E-state index in [9.17, 15) is 4.79 Å². The minimum atomic E-state index is -0.573. The molecule has 92 valence electrons. The van der Waals surface area contributed by atoms with E-state index in [2.05, 4.69) is 4.98 Å². The largest absolute Gasteiger partial charge is 0.438 e. The van der Waals surface area contributed by atoms with E-state index in [-0.39, 0.29) is 11.4 Å². The maximum Gasteiger partial charge on any atom is 0.254 e. The second-order valence-electron chi connectivity index (χ2n) is 3.67. The number of rotatable bonds is 4. The van der Waals surface area contributed by atoms with Crippen LogP contribution in [0.25, 0.3) is 0 Å². The fourth-order valence-corrected chi connectivity index (χ4v) is 1.46. The van der Waals surface area contributed by atoms with Gasteiger partial charge in [-0.1, -0.05) is 12.1 Å². The average molecular weight is 243 g/mol. The molecule has 1 heterocycles. The summed E-state index contributed by atoms with van der Waals surface area (Å²) in [5.41, 5.74) is 12.0. The van der Waals surface area contributed by atoms with Crippen molar-refractivity contribution in [3.8, 4) is 11.6 Å². The third-order valence-corrected chi connectivity index (χ3v) is 2.41. The fourth-order valence-electron chi connectivity index (χ4n) is 1.46. The van der Waals surface area contributed by atoms with Gasteiger partial charge in [0, 0.05) is 12.7 Å². The maximum absolute atomic E-state index is 11.2. The van der Waals surface area contributed by atoms with Crippen LogP contribution in [0.1, 0.15) is 15.9 Å². The van der Waals surface area contributed by atoms with Crippen molar-refractivity contribution in [1.29, 1.82) is 0 Å². The van der Waals surface area contributed by atoms with Crippen LogP contribution < -0.4 is 16.2 Å². The maximum atomic E-state index is 11.2. The molecule has 1 aromatic heterocycles. The number of hydrogen-bond acceptors (Lipinski definition) is 4. The highest BCUT2D eigenvalue weighted by molar-refractivity contribution is 5.95. The van der Waals surface area contributed by atoms with E-state index < -0.39 is 5.91 Å². The summed E-state index contributed by atoms with van der Waals surface area (Å²) in [4.78, 5) is 15.2. The normalized spacial score (nSPS) is 10.1. The highest BCUT2D eigenvalue weighted by Crippen LogP contribution is 2.22. The molecule has 1 amide bonds. The molecule has 2 aromatic rings. The van der Waals surface area contributed by atoms with Crippen LogP contribution in [0.15, 0.2) is 42.6 Å². The topological polar surface area (TPSA) is 91.2 Å². The Balaban J connectivity index is 2.25. The number of pyridine rings is 1. The first-order chi connectivity index (χ1) is 8.70. The Bertz CT molecular complexity index is 552. The minimum absolute atomic E-state index is 0.200. The van der Waals surface area contributed by atoms with Gasteiger partial charge in [-0.3, -0.25) is 4.79 Å². The molecular weight excluding hydrogens is 230 g/mol. The Hall–Kier alpha value is -2.40. The number of primary amides is 1. The molecule has 5 nitrogen and oxygen atoms in total. The standard InChI is InChI=1S/C13H13N3O2/c14-8-9-3-5-10(6-4-9)18-13-11(12(15)17)2-1-7-16-13/h1-7H,8,14H2,(H2,15,17). The second-order valence-corrected chi connectivity index (χ2v) is 3.67. The summed E-state index contributed by atoms with van der Waals surface area (Å²) in [7, 11) is 0. The Morgan fingerprint density at radius 2 is 1.94 bits per heavy atom. The van der Waals surface area contributed by atoms with E-state index in [1.165, 1.54) is 6.20 Å². The predicted molar refractivity (Wildman–Crippen MR) is 67.2 cm³/mol. The molecule has 0 aliphatic carbocycles. The number of carbonyl (C=O) groups is 1. The smallest absolute Gasteiger partial charge is 0.254 e. The molecular formula is C13H13N3O2. The van der Waals surface area contributed by atoms with Gasteiger partial charge in [-0.05, 0) is 29.8 Å². The molecule has 2 rings (SSSR count). The molecule has 0 spiro atoms. The number of nitrogens with two attached hydrogens (primary N) is 2. The minimum Gasteiger partial charge on any atom is -0.438 e. The zero-order valence-electron chi connectivity index (χ0n) is 9.67.